The first-order valence-corrected chi connectivity index (χ1v) is 4.58. The molecule has 1 aromatic rings. The number of halogens is 1. The summed E-state index contributed by atoms with van der Waals surface area (Å²) >= 11 is 1.10. The predicted molar refractivity (Wildman–Crippen MR) is 53.4 cm³/mol. The first-order chi connectivity index (χ1) is 6.58. The van der Waals surface area contributed by atoms with Gasteiger partial charge in [0.2, 0.25) is 0 Å². The van der Waals surface area contributed by atoms with Crippen LogP contribution in [0.3, 0.4) is 0 Å². The second-order valence-electron chi connectivity index (χ2n) is 2.48. The molecule has 5 heteroatoms. The molecule has 74 valence electrons. The number of rotatable bonds is 3. The third kappa shape index (κ3) is 3.49. The Bertz CT molecular complexity index is 359. The van der Waals surface area contributed by atoms with E-state index in [0.717, 1.165) is 17.8 Å². The molecule has 3 N–H and O–H groups in total. The molecule has 0 saturated carbocycles. The first-order valence-electron chi connectivity index (χ1n) is 3.70. The van der Waals surface area contributed by atoms with Crippen molar-refractivity contribution in [1.29, 1.82) is 0 Å². The van der Waals surface area contributed by atoms with E-state index >= 15 is 0 Å². The van der Waals surface area contributed by atoms with Gasteiger partial charge in [0.05, 0.1) is 0 Å². The van der Waals surface area contributed by atoms with E-state index in [4.69, 9.17) is 10.8 Å². The van der Waals surface area contributed by atoms with Crippen molar-refractivity contribution < 1.29 is 14.3 Å². The molecule has 0 radical (unpaired) electrons. The van der Waals surface area contributed by atoms with Crippen LogP contribution in [0.15, 0.2) is 34.6 Å². The lowest BCUT2D eigenvalue weighted by molar-refractivity contribution is -0.131. The predicted octanol–water partition coefficient (Wildman–Crippen LogP) is 2.10. The maximum atomic E-state index is 12.8. The number of nitrogens with two attached hydrogens (primary N) is 1. The number of benzene rings is 1. The summed E-state index contributed by atoms with van der Waals surface area (Å²) in [5.74, 6) is -1.47. The molecule has 0 unspecified atom stereocenters. The molecule has 1 rings (SSSR count). The van der Waals surface area contributed by atoms with E-state index in [0.29, 0.717) is 10.6 Å². The zero-order valence-electron chi connectivity index (χ0n) is 7.11. The molecule has 0 heterocycles. The SMILES string of the molecule is Nc1cc(F)cc(SC=CC(=O)O)c1. The molecular weight excluding hydrogens is 205 g/mol. The van der Waals surface area contributed by atoms with Gasteiger partial charge >= 0.3 is 5.97 Å². The van der Waals surface area contributed by atoms with E-state index in [9.17, 15) is 9.18 Å². The van der Waals surface area contributed by atoms with Crippen molar-refractivity contribution in [2.75, 3.05) is 5.73 Å². The van der Waals surface area contributed by atoms with Crippen LogP contribution in [0, 0.1) is 5.82 Å². The molecule has 0 aliphatic rings. The molecule has 0 aliphatic carbocycles. The van der Waals surface area contributed by atoms with Crippen molar-refractivity contribution in [3.05, 3.63) is 35.5 Å². The normalized spacial score (nSPS) is 10.6. The van der Waals surface area contributed by atoms with Gasteiger partial charge in [0.15, 0.2) is 0 Å². The van der Waals surface area contributed by atoms with Crippen molar-refractivity contribution in [2.45, 2.75) is 4.90 Å². The third-order valence-electron chi connectivity index (χ3n) is 1.31. The van der Waals surface area contributed by atoms with Crippen LogP contribution in [-0.2, 0) is 4.79 Å². The summed E-state index contributed by atoms with van der Waals surface area (Å²) in [6.45, 7) is 0. The molecule has 0 saturated heterocycles. The summed E-state index contributed by atoms with van der Waals surface area (Å²) in [6, 6.07) is 4.05. The maximum Gasteiger partial charge on any atom is 0.328 e. The Morgan fingerprint density at radius 3 is 2.79 bits per heavy atom. The molecule has 3 nitrogen and oxygen atoms in total. The van der Waals surface area contributed by atoms with Crippen molar-refractivity contribution in [3.63, 3.8) is 0 Å². The number of hydrogen-bond acceptors (Lipinski definition) is 3. The van der Waals surface area contributed by atoms with Crippen LogP contribution < -0.4 is 5.73 Å². The minimum Gasteiger partial charge on any atom is -0.478 e. The molecule has 0 fully saturated rings. The van der Waals surface area contributed by atoms with Gasteiger partial charge in [-0.2, -0.15) is 0 Å². The van der Waals surface area contributed by atoms with E-state index in [1.54, 1.807) is 6.07 Å². The lowest BCUT2D eigenvalue weighted by atomic mass is 10.3. The third-order valence-corrected chi connectivity index (χ3v) is 2.09. The molecule has 0 amide bonds. The highest BCUT2D eigenvalue weighted by atomic mass is 32.2. The maximum absolute atomic E-state index is 12.8. The second kappa shape index (κ2) is 4.66. The number of carboxylic acid groups (broad SMARTS) is 1. The van der Waals surface area contributed by atoms with E-state index in [1.807, 2.05) is 0 Å². The molecule has 0 bridgehead atoms. The van der Waals surface area contributed by atoms with Crippen molar-refractivity contribution in [1.82, 2.24) is 0 Å². The Balaban J connectivity index is 2.72. The standard InChI is InChI=1S/C9H8FNO2S/c10-6-3-7(11)5-8(4-6)14-2-1-9(12)13/h1-5H,11H2,(H,12,13). The van der Waals surface area contributed by atoms with Crippen LogP contribution >= 0.6 is 11.8 Å². The zero-order valence-corrected chi connectivity index (χ0v) is 7.92. The Kier molecular flexibility index (Phi) is 3.53. The summed E-state index contributed by atoms with van der Waals surface area (Å²) in [4.78, 5) is 10.7. The Morgan fingerprint density at radius 2 is 2.21 bits per heavy atom. The van der Waals surface area contributed by atoms with Crippen LogP contribution in [0.25, 0.3) is 0 Å². The molecule has 0 atom stereocenters. The van der Waals surface area contributed by atoms with Gasteiger partial charge in [0.1, 0.15) is 5.82 Å². The van der Waals surface area contributed by atoms with Gasteiger partial charge in [-0.1, -0.05) is 11.8 Å². The number of thioether (sulfide) groups is 1. The molecule has 14 heavy (non-hydrogen) atoms. The van der Waals surface area contributed by atoms with Gasteiger partial charge in [0.25, 0.3) is 0 Å². The number of hydrogen-bond donors (Lipinski definition) is 2. The highest BCUT2D eigenvalue weighted by Gasteiger charge is 1.97. The van der Waals surface area contributed by atoms with Gasteiger partial charge in [-0.3, -0.25) is 0 Å². The average molecular weight is 213 g/mol. The lowest BCUT2D eigenvalue weighted by Gasteiger charge is -1.98. The van der Waals surface area contributed by atoms with Gasteiger partial charge in [-0.25, -0.2) is 9.18 Å². The van der Waals surface area contributed by atoms with Gasteiger partial charge in [-0.05, 0) is 23.6 Å². The molecule has 1 aromatic carbocycles. The molecule has 0 aromatic heterocycles. The van der Waals surface area contributed by atoms with Crippen molar-refractivity contribution >= 4 is 23.4 Å². The van der Waals surface area contributed by atoms with E-state index in [2.05, 4.69) is 0 Å². The fourth-order valence-corrected chi connectivity index (χ4v) is 1.55. The van der Waals surface area contributed by atoms with Crippen molar-refractivity contribution in [3.8, 4) is 0 Å². The Hall–Kier alpha value is -1.49. The monoisotopic (exact) mass is 213 g/mol. The van der Waals surface area contributed by atoms with E-state index in [1.165, 1.54) is 17.5 Å². The Morgan fingerprint density at radius 1 is 1.50 bits per heavy atom. The minimum absolute atomic E-state index is 0.316. The number of nitrogen functional groups attached to an aromatic ring is 1. The average Bonchev–Trinajstić information content (AvgIpc) is 2.01. The summed E-state index contributed by atoms with van der Waals surface area (Å²) in [6.07, 6.45) is 0.978. The number of aliphatic carboxylic acids is 1. The fourth-order valence-electron chi connectivity index (χ4n) is 0.823. The highest BCUT2D eigenvalue weighted by molar-refractivity contribution is 8.02. The number of carboxylic acids is 1. The second-order valence-corrected chi connectivity index (χ2v) is 3.46. The number of anilines is 1. The van der Waals surface area contributed by atoms with Crippen LogP contribution in [0.1, 0.15) is 0 Å². The van der Waals surface area contributed by atoms with Crippen LogP contribution in [0.2, 0.25) is 0 Å². The molecule has 0 aliphatic heterocycles. The topological polar surface area (TPSA) is 63.3 Å². The summed E-state index contributed by atoms with van der Waals surface area (Å²) in [5, 5.41) is 9.66. The van der Waals surface area contributed by atoms with Crippen LogP contribution in [0.5, 0.6) is 0 Å². The van der Waals surface area contributed by atoms with E-state index in [-0.39, 0.29) is 0 Å². The van der Waals surface area contributed by atoms with Gasteiger partial charge < -0.3 is 10.8 Å². The largest absolute Gasteiger partial charge is 0.478 e. The highest BCUT2D eigenvalue weighted by Crippen LogP contribution is 2.22. The van der Waals surface area contributed by atoms with Gasteiger partial charge in [-0.15, -0.1) is 0 Å². The van der Waals surface area contributed by atoms with Gasteiger partial charge in [0, 0.05) is 16.7 Å². The fraction of sp³-hybridized carbons (Fsp3) is 0. The Labute approximate surface area is 84.4 Å². The summed E-state index contributed by atoms with van der Waals surface area (Å²) in [7, 11) is 0. The summed E-state index contributed by atoms with van der Waals surface area (Å²) in [5.41, 5.74) is 5.71. The smallest absolute Gasteiger partial charge is 0.328 e. The van der Waals surface area contributed by atoms with Crippen molar-refractivity contribution in [2.24, 2.45) is 0 Å². The molecule has 0 spiro atoms. The summed E-state index contributed by atoms with van der Waals surface area (Å²) < 4.78 is 12.8. The quantitative estimate of drug-likeness (QED) is 0.458. The van der Waals surface area contributed by atoms with E-state index < -0.39 is 11.8 Å². The first kappa shape index (κ1) is 10.6. The zero-order chi connectivity index (χ0) is 10.6. The van der Waals surface area contributed by atoms with Crippen LogP contribution in [0.4, 0.5) is 10.1 Å². The minimum atomic E-state index is -1.04. The molecular formula is C9H8FNO2S. The number of carbonyl (C=O) groups is 1. The lowest BCUT2D eigenvalue weighted by Crippen LogP contribution is -1.87. The van der Waals surface area contributed by atoms with Crippen LogP contribution in [-0.4, -0.2) is 11.1 Å².